The van der Waals surface area contributed by atoms with Crippen molar-refractivity contribution in [3.63, 3.8) is 0 Å². The fourth-order valence-corrected chi connectivity index (χ4v) is 1.31. The van der Waals surface area contributed by atoms with Crippen LogP contribution in [0.2, 0.25) is 0 Å². The second-order valence-corrected chi connectivity index (χ2v) is 5.02. The van der Waals surface area contributed by atoms with E-state index in [-0.39, 0.29) is 5.54 Å². The summed E-state index contributed by atoms with van der Waals surface area (Å²) in [7, 11) is 0. The van der Waals surface area contributed by atoms with Crippen LogP contribution in [0.25, 0.3) is 0 Å². The van der Waals surface area contributed by atoms with Crippen molar-refractivity contribution >= 4 is 5.71 Å². The molecule has 12 heavy (non-hydrogen) atoms. The normalized spacial score (nSPS) is 12.4. The monoisotopic (exact) mass is 169 g/mol. The molecular formula is C11H23N. The van der Waals surface area contributed by atoms with Crippen LogP contribution >= 0.6 is 0 Å². The van der Waals surface area contributed by atoms with Gasteiger partial charge < -0.3 is 0 Å². The van der Waals surface area contributed by atoms with Gasteiger partial charge in [0, 0.05) is 5.71 Å². The fraction of sp³-hybridized carbons (Fsp3) is 0.909. The molecule has 0 aliphatic heterocycles. The summed E-state index contributed by atoms with van der Waals surface area (Å²) in [5, 5.41) is 0. The highest BCUT2D eigenvalue weighted by Gasteiger charge is 2.14. The second kappa shape index (κ2) is 4.06. The zero-order valence-electron chi connectivity index (χ0n) is 9.60. The lowest BCUT2D eigenvalue weighted by atomic mass is 9.96. The SMILES string of the molecule is CC(C)C(=NC(C)(C)C)C(C)C. The number of aliphatic imine (C=N–C) groups is 1. The first-order valence-corrected chi connectivity index (χ1v) is 4.83. The third-order valence-electron chi connectivity index (χ3n) is 1.65. The van der Waals surface area contributed by atoms with Gasteiger partial charge in [-0.05, 0) is 32.6 Å². The van der Waals surface area contributed by atoms with Crippen molar-refractivity contribution in [1.29, 1.82) is 0 Å². The van der Waals surface area contributed by atoms with Crippen LogP contribution in [0.3, 0.4) is 0 Å². The van der Waals surface area contributed by atoms with Gasteiger partial charge in [0.25, 0.3) is 0 Å². The minimum absolute atomic E-state index is 0.0733. The highest BCUT2D eigenvalue weighted by molar-refractivity contribution is 5.88. The Labute approximate surface area is 77.3 Å². The highest BCUT2D eigenvalue weighted by atomic mass is 14.8. The molecular weight excluding hydrogens is 146 g/mol. The molecule has 1 heteroatoms. The van der Waals surface area contributed by atoms with Gasteiger partial charge >= 0.3 is 0 Å². The van der Waals surface area contributed by atoms with Crippen molar-refractivity contribution in [2.45, 2.75) is 54.0 Å². The maximum Gasteiger partial charge on any atom is 0.0523 e. The van der Waals surface area contributed by atoms with E-state index in [1.165, 1.54) is 5.71 Å². The molecule has 0 amide bonds. The van der Waals surface area contributed by atoms with E-state index in [0.29, 0.717) is 11.8 Å². The topological polar surface area (TPSA) is 12.4 Å². The van der Waals surface area contributed by atoms with E-state index in [1.807, 2.05) is 0 Å². The van der Waals surface area contributed by atoms with Crippen LogP contribution in [-0.4, -0.2) is 11.3 Å². The summed E-state index contributed by atoms with van der Waals surface area (Å²) in [5.41, 5.74) is 1.41. The third kappa shape index (κ3) is 4.53. The van der Waals surface area contributed by atoms with Crippen LogP contribution in [0.15, 0.2) is 4.99 Å². The fourth-order valence-electron chi connectivity index (χ4n) is 1.31. The Hall–Kier alpha value is -0.330. The standard InChI is InChI=1S/C11H23N/c1-8(2)10(9(3)4)12-11(5,6)7/h8-9H,1-7H3. The van der Waals surface area contributed by atoms with Crippen molar-refractivity contribution in [1.82, 2.24) is 0 Å². The van der Waals surface area contributed by atoms with Gasteiger partial charge in [-0.3, -0.25) is 4.99 Å². The second-order valence-electron chi connectivity index (χ2n) is 5.02. The summed E-state index contributed by atoms with van der Waals surface area (Å²) in [5.74, 6) is 1.15. The van der Waals surface area contributed by atoms with Gasteiger partial charge in [-0.1, -0.05) is 27.7 Å². The zero-order chi connectivity index (χ0) is 9.94. The molecule has 72 valence electrons. The Kier molecular flexibility index (Phi) is 3.95. The molecule has 0 aromatic carbocycles. The smallest absolute Gasteiger partial charge is 0.0523 e. The Bertz CT molecular complexity index is 148. The predicted molar refractivity (Wildman–Crippen MR) is 56.9 cm³/mol. The Balaban J connectivity index is 4.63. The number of nitrogens with zero attached hydrogens (tertiary/aromatic N) is 1. The summed E-state index contributed by atoms with van der Waals surface area (Å²) >= 11 is 0. The molecule has 0 radical (unpaired) electrons. The van der Waals surface area contributed by atoms with E-state index in [2.05, 4.69) is 48.5 Å². The molecule has 0 aliphatic carbocycles. The van der Waals surface area contributed by atoms with Crippen LogP contribution in [0, 0.1) is 11.8 Å². The first-order valence-electron chi connectivity index (χ1n) is 4.83. The van der Waals surface area contributed by atoms with E-state index in [0.717, 1.165) is 0 Å². The van der Waals surface area contributed by atoms with Gasteiger partial charge in [0.05, 0.1) is 5.54 Å². The van der Waals surface area contributed by atoms with Gasteiger partial charge in [0.15, 0.2) is 0 Å². The molecule has 0 aliphatic rings. The van der Waals surface area contributed by atoms with Crippen LogP contribution in [0.5, 0.6) is 0 Å². The summed E-state index contributed by atoms with van der Waals surface area (Å²) in [6.45, 7) is 15.3. The number of rotatable bonds is 2. The Morgan fingerprint density at radius 3 is 1.33 bits per heavy atom. The summed E-state index contributed by atoms with van der Waals surface area (Å²) in [4.78, 5) is 4.72. The molecule has 0 aromatic rings. The largest absolute Gasteiger partial charge is 0.288 e. The molecule has 0 atom stereocenters. The molecule has 0 fully saturated rings. The zero-order valence-corrected chi connectivity index (χ0v) is 9.60. The molecule has 0 saturated carbocycles. The van der Waals surface area contributed by atoms with E-state index in [9.17, 15) is 0 Å². The van der Waals surface area contributed by atoms with E-state index in [4.69, 9.17) is 4.99 Å². The minimum atomic E-state index is 0.0733. The minimum Gasteiger partial charge on any atom is -0.288 e. The van der Waals surface area contributed by atoms with Gasteiger partial charge in [0.2, 0.25) is 0 Å². The lowest BCUT2D eigenvalue weighted by Crippen LogP contribution is -2.21. The maximum absolute atomic E-state index is 4.72. The first-order chi connectivity index (χ1) is 5.24. The lowest BCUT2D eigenvalue weighted by Gasteiger charge is -2.21. The van der Waals surface area contributed by atoms with Gasteiger partial charge in [-0.15, -0.1) is 0 Å². The summed E-state index contributed by atoms with van der Waals surface area (Å²) in [6.07, 6.45) is 0. The average Bonchev–Trinajstić information content (AvgIpc) is 1.79. The van der Waals surface area contributed by atoms with E-state index in [1.54, 1.807) is 0 Å². The van der Waals surface area contributed by atoms with Crippen molar-refractivity contribution in [3.05, 3.63) is 0 Å². The maximum atomic E-state index is 4.72. The number of hydrogen-bond acceptors (Lipinski definition) is 1. The molecule has 0 rings (SSSR count). The molecule has 0 heterocycles. The van der Waals surface area contributed by atoms with Gasteiger partial charge in [0.1, 0.15) is 0 Å². The molecule has 0 N–H and O–H groups in total. The molecule has 0 saturated heterocycles. The van der Waals surface area contributed by atoms with Crippen LogP contribution < -0.4 is 0 Å². The predicted octanol–water partition coefficient (Wildman–Crippen LogP) is 3.54. The van der Waals surface area contributed by atoms with Crippen molar-refractivity contribution in [2.75, 3.05) is 0 Å². The van der Waals surface area contributed by atoms with Crippen LogP contribution in [-0.2, 0) is 0 Å². The van der Waals surface area contributed by atoms with Crippen molar-refractivity contribution in [3.8, 4) is 0 Å². The van der Waals surface area contributed by atoms with Gasteiger partial charge in [-0.2, -0.15) is 0 Å². The van der Waals surface area contributed by atoms with E-state index >= 15 is 0 Å². The van der Waals surface area contributed by atoms with E-state index < -0.39 is 0 Å². The van der Waals surface area contributed by atoms with Crippen molar-refractivity contribution < 1.29 is 0 Å². The van der Waals surface area contributed by atoms with Crippen LogP contribution in [0.4, 0.5) is 0 Å². The molecule has 1 nitrogen and oxygen atoms in total. The molecule has 0 unspecified atom stereocenters. The molecule has 0 spiro atoms. The Morgan fingerprint density at radius 2 is 1.25 bits per heavy atom. The third-order valence-corrected chi connectivity index (χ3v) is 1.65. The summed E-state index contributed by atoms with van der Waals surface area (Å²) in [6, 6.07) is 0. The Morgan fingerprint density at radius 1 is 0.917 bits per heavy atom. The quantitative estimate of drug-likeness (QED) is 0.561. The average molecular weight is 169 g/mol. The highest BCUT2D eigenvalue weighted by Crippen LogP contribution is 2.15. The summed E-state index contributed by atoms with van der Waals surface area (Å²) < 4.78 is 0. The first kappa shape index (κ1) is 11.7. The molecule has 0 aromatic heterocycles. The van der Waals surface area contributed by atoms with Crippen LogP contribution in [0.1, 0.15) is 48.5 Å². The number of hydrogen-bond donors (Lipinski definition) is 0. The lowest BCUT2D eigenvalue weighted by molar-refractivity contribution is 0.567. The van der Waals surface area contributed by atoms with Crippen molar-refractivity contribution in [2.24, 2.45) is 16.8 Å². The van der Waals surface area contributed by atoms with Gasteiger partial charge in [-0.25, -0.2) is 0 Å². The molecule has 0 bridgehead atoms.